The number of hydrogen-bond acceptors (Lipinski definition) is 3. The van der Waals surface area contributed by atoms with Crippen molar-refractivity contribution in [1.82, 2.24) is 9.55 Å². The van der Waals surface area contributed by atoms with Crippen LogP contribution in [0.2, 0.25) is 0 Å². The Labute approximate surface area is 99.0 Å². The average molecular weight is 240 g/mol. The number of aromatic nitrogens is 2. The average Bonchev–Trinajstić information content (AvgIpc) is 2.53. The van der Waals surface area contributed by atoms with Crippen LogP contribution in [0.15, 0.2) is 4.99 Å². The summed E-state index contributed by atoms with van der Waals surface area (Å²) < 4.78 is 2.17. The maximum Gasteiger partial charge on any atom is 0.149 e. The molecule has 1 saturated carbocycles. The first-order valence-corrected chi connectivity index (χ1v) is 6.00. The number of nitrogens with zero attached hydrogens (tertiary/aromatic N) is 3. The van der Waals surface area contributed by atoms with Gasteiger partial charge in [0.15, 0.2) is 0 Å². The standard InChI is InChI=1S/C11H14ClN3O/c1-6-9-10(12)13-2-3-15(9)11(14-6)7-4-8(16)5-7/h7-8,16H,2-5H2,1H3. The van der Waals surface area contributed by atoms with E-state index in [4.69, 9.17) is 11.6 Å². The molecule has 1 N–H and O–H groups in total. The molecule has 16 heavy (non-hydrogen) atoms. The largest absolute Gasteiger partial charge is 0.393 e. The highest BCUT2D eigenvalue weighted by atomic mass is 35.5. The molecule has 0 spiro atoms. The van der Waals surface area contributed by atoms with Gasteiger partial charge in [-0.25, -0.2) is 4.98 Å². The zero-order valence-corrected chi connectivity index (χ0v) is 9.91. The van der Waals surface area contributed by atoms with Crippen LogP contribution in [0, 0.1) is 6.92 Å². The molecule has 1 aliphatic heterocycles. The van der Waals surface area contributed by atoms with Gasteiger partial charge in [0.25, 0.3) is 0 Å². The van der Waals surface area contributed by atoms with Gasteiger partial charge in [-0.3, -0.25) is 4.99 Å². The molecule has 0 saturated heterocycles. The number of rotatable bonds is 1. The number of aliphatic hydroxyl groups excluding tert-OH is 1. The maximum absolute atomic E-state index is 9.36. The van der Waals surface area contributed by atoms with E-state index in [-0.39, 0.29) is 6.10 Å². The first kappa shape index (κ1) is 10.3. The lowest BCUT2D eigenvalue weighted by molar-refractivity contribution is 0.0704. The Kier molecular flexibility index (Phi) is 2.30. The summed E-state index contributed by atoms with van der Waals surface area (Å²) in [5, 5.41) is 9.93. The van der Waals surface area contributed by atoms with Crippen LogP contribution in [0.25, 0.3) is 0 Å². The number of halogens is 1. The Bertz CT molecular complexity index is 460. The van der Waals surface area contributed by atoms with E-state index in [2.05, 4.69) is 14.5 Å². The lowest BCUT2D eigenvalue weighted by Crippen LogP contribution is -2.30. The molecule has 1 aromatic rings. The fourth-order valence-electron chi connectivity index (χ4n) is 2.52. The first-order valence-electron chi connectivity index (χ1n) is 5.62. The van der Waals surface area contributed by atoms with Crippen molar-refractivity contribution in [3.63, 3.8) is 0 Å². The van der Waals surface area contributed by atoms with Crippen molar-refractivity contribution in [1.29, 1.82) is 0 Å². The second-order valence-corrected chi connectivity index (χ2v) is 4.91. The summed E-state index contributed by atoms with van der Waals surface area (Å²) >= 11 is 6.10. The van der Waals surface area contributed by atoms with E-state index in [1.807, 2.05) is 6.92 Å². The molecule has 0 unspecified atom stereocenters. The summed E-state index contributed by atoms with van der Waals surface area (Å²) in [6.45, 7) is 3.55. The van der Waals surface area contributed by atoms with Gasteiger partial charge in [-0.1, -0.05) is 11.6 Å². The van der Waals surface area contributed by atoms with Crippen LogP contribution in [0.4, 0.5) is 0 Å². The van der Waals surface area contributed by atoms with Gasteiger partial charge in [0.1, 0.15) is 16.7 Å². The second kappa shape index (κ2) is 3.57. The van der Waals surface area contributed by atoms with Crippen molar-refractivity contribution >= 4 is 16.8 Å². The van der Waals surface area contributed by atoms with Crippen LogP contribution in [0.5, 0.6) is 0 Å². The van der Waals surface area contributed by atoms with Gasteiger partial charge in [-0.2, -0.15) is 0 Å². The molecule has 0 radical (unpaired) electrons. The molecular formula is C11H14ClN3O. The first-order chi connectivity index (χ1) is 7.66. The second-order valence-electron chi connectivity index (χ2n) is 4.55. The number of hydrogen-bond donors (Lipinski definition) is 1. The van der Waals surface area contributed by atoms with Crippen LogP contribution in [-0.2, 0) is 6.54 Å². The zero-order valence-electron chi connectivity index (χ0n) is 9.15. The van der Waals surface area contributed by atoms with Gasteiger partial charge in [-0.05, 0) is 19.8 Å². The smallest absolute Gasteiger partial charge is 0.149 e. The predicted octanol–water partition coefficient (Wildman–Crippen LogP) is 1.43. The topological polar surface area (TPSA) is 50.4 Å². The number of imidazole rings is 1. The van der Waals surface area contributed by atoms with Crippen molar-refractivity contribution in [3.8, 4) is 0 Å². The summed E-state index contributed by atoms with van der Waals surface area (Å²) in [5.74, 6) is 1.47. The fraction of sp³-hybridized carbons (Fsp3) is 0.636. The van der Waals surface area contributed by atoms with E-state index < -0.39 is 0 Å². The number of aliphatic imine (C=N–C) groups is 1. The molecule has 0 amide bonds. The summed E-state index contributed by atoms with van der Waals surface area (Å²) in [5.41, 5.74) is 1.91. The Morgan fingerprint density at radius 1 is 1.44 bits per heavy atom. The van der Waals surface area contributed by atoms with E-state index in [0.717, 1.165) is 43.1 Å². The van der Waals surface area contributed by atoms with E-state index in [9.17, 15) is 5.11 Å². The van der Waals surface area contributed by atoms with Crippen LogP contribution < -0.4 is 0 Å². The molecule has 1 fully saturated rings. The fourth-order valence-corrected chi connectivity index (χ4v) is 2.84. The highest BCUT2D eigenvalue weighted by Gasteiger charge is 2.34. The van der Waals surface area contributed by atoms with Gasteiger partial charge in [0.05, 0.1) is 18.3 Å². The number of aliphatic hydroxyl groups is 1. The summed E-state index contributed by atoms with van der Waals surface area (Å²) in [6.07, 6.45) is 1.50. The van der Waals surface area contributed by atoms with Crippen LogP contribution in [-0.4, -0.2) is 32.5 Å². The quantitative estimate of drug-likeness (QED) is 0.806. The monoisotopic (exact) mass is 239 g/mol. The third-order valence-electron chi connectivity index (χ3n) is 3.42. The zero-order chi connectivity index (χ0) is 11.3. The number of fused-ring (bicyclic) bond motifs is 1. The highest BCUT2D eigenvalue weighted by molar-refractivity contribution is 6.69. The molecule has 2 aliphatic rings. The van der Waals surface area contributed by atoms with Gasteiger partial charge < -0.3 is 9.67 Å². The van der Waals surface area contributed by atoms with Gasteiger partial charge in [0, 0.05) is 12.5 Å². The van der Waals surface area contributed by atoms with Gasteiger partial charge >= 0.3 is 0 Å². The van der Waals surface area contributed by atoms with Crippen LogP contribution >= 0.6 is 11.6 Å². The lowest BCUT2D eigenvalue weighted by atomic mass is 9.82. The van der Waals surface area contributed by atoms with Crippen molar-refractivity contribution in [2.75, 3.05) is 6.54 Å². The summed E-state index contributed by atoms with van der Waals surface area (Å²) in [4.78, 5) is 8.82. The molecule has 1 aliphatic carbocycles. The van der Waals surface area contributed by atoms with Crippen molar-refractivity contribution < 1.29 is 5.11 Å². The van der Waals surface area contributed by atoms with Crippen LogP contribution in [0.1, 0.15) is 36.0 Å². The van der Waals surface area contributed by atoms with Crippen LogP contribution in [0.3, 0.4) is 0 Å². The summed E-state index contributed by atoms with van der Waals surface area (Å²) in [7, 11) is 0. The van der Waals surface area contributed by atoms with E-state index in [1.165, 1.54) is 0 Å². The molecule has 0 bridgehead atoms. The molecular weight excluding hydrogens is 226 g/mol. The molecule has 0 atom stereocenters. The van der Waals surface area contributed by atoms with E-state index in [0.29, 0.717) is 11.1 Å². The predicted molar refractivity (Wildman–Crippen MR) is 62.2 cm³/mol. The third kappa shape index (κ3) is 1.40. The Balaban J connectivity index is 2.02. The minimum absolute atomic E-state index is 0.147. The molecule has 3 rings (SSSR count). The minimum Gasteiger partial charge on any atom is -0.393 e. The molecule has 5 heteroatoms. The molecule has 1 aromatic heterocycles. The lowest BCUT2D eigenvalue weighted by Gasteiger charge is -2.31. The normalized spacial score (nSPS) is 28.3. The molecule has 0 aromatic carbocycles. The van der Waals surface area contributed by atoms with E-state index in [1.54, 1.807) is 0 Å². The molecule has 4 nitrogen and oxygen atoms in total. The Morgan fingerprint density at radius 3 is 2.88 bits per heavy atom. The number of aryl methyl sites for hydroxylation is 1. The third-order valence-corrected chi connectivity index (χ3v) is 3.72. The Hall–Kier alpha value is -0.870. The SMILES string of the molecule is Cc1nc(C2CC(O)C2)n2c1C(Cl)=NCC2. The van der Waals surface area contributed by atoms with E-state index >= 15 is 0 Å². The Morgan fingerprint density at radius 2 is 2.19 bits per heavy atom. The van der Waals surface area contributed by atoms with Gasteiger partial charge in [-0.15, -0.1) is 0 Å². The molecule has 86 valence electrons. The minimum atomic E-state index is -0.147. The van der Waals surface area contributed by atoms with Crippen molar-refractivity contribution in [3.05, 3.63) is 17.2 Å². The van der Waals surface area contributed by atoms with Crippen molar-refractivity contribution in [2.24, 2.45) is 4.99 Å². The van der Waals surface area contributed by atoms with Crippen molar-refractivity contribution in [2.45, 2.75) is 38.3 Å². The molecule has 2 heterocycles. The van der Waals surface area contributed by atoms with Gasteiger partial charge in [0.2, 0.25) is 0 Å². The highest BCUT2D eigenvalue weighted by Crippen LogP contribution is 2.37. The summed E-state index contributed by atoms with van der Waals surface area (Å²) in [6, 6.07) is 0. The maximum atomic E-state index is 9.36.